The Balaban J connectivity index is 1.74. The Hall–Kier alpha value is -2.60. The molecule has 0 aromatic heterocycles. The molecule has 1 aliphatic rings. The second kappa shape index (κ2) is 20.4. The Bertz CT molecular complexity index is 1080. The number of hydrogen-bond acceptors (Lipinski definition) is 5. The molecule has 44 heavy (non-hydrogen) atoms. The normalized spacial score (nSPS) is 21.7. The van der Waals surface area contributed by atoms with Gasteiger partial charge in [0.2, 0.25) is 0 Å². The van der Waals surface area contributed by atoms with Crippen molar-refractivity contribution in [1.29, 1.82) is 0 Å². The van der Waals surface area contributed by atoms with Gasteiger partial charge in [-0.1, -0.05) is 95.0 Å². The molecular weight excluding hydrogens is 548 g/mol. The minimum Gasteiger partial charge on any atom is -0.497 e. The molecule has 0 amide bonds. The van der Waals surface area contributed by atoms with Crippen molar-refractivity contribution in [2.45, 2.75) is 117 Å². The predicted octanol–water partition coefficient (Wildman–Crippen LogP) is 9.47. The number of allylic oxidation sites excluding steroid dienone is 2. The smallest absolute Gasteiger partial charge is 0.118 e. The zero-order chi connectivity index (χ0) is 31.6. The van der Waals surface area contributed by atoms with Crippen LogP contribution in [0, 0.1) is 17.8 Å². The Morgan fingerprint density at radius 1 is 0.864 bits per heavy atom. The minimum atomic E-state index is -0.362. The van der Waals surface area contributed by atoms with Crippen LogP contribution in [0.4, 0.5) is 0 Å². The third-order valence-corrected chi connectivity index (χ3v) is 8.93. The summed E-state index contributed by atoms with van der Waals surface area (Å²) in [6.07, 6.45) is 19.5. The monoisotopic (exact) mass is 606 g/mol. The van der Waals surface area contributed by atoms with Crippen molar-refractivity contribution in [3.8, 4) is 11.5 Å². The largest absolute Gasteiger partial charge is 0.497 e. The molecule has 1 fully saturated rings. The molecule has 2 aromatic rings. The van der Waals surface area contributed by atoms with Gasteiger partial charge in [-0.15, -0.1) is 0 Å². The van der Waals surface area contributed by atoms with E-state index < -0.39 is 0 Å². The molecule has 0 aliphatic heterocycles. The fourth-order valence-corrected chi connectivity index (χ4v) is 6.23. The van der Waals surface area contributed by atoms with Crippen LogP contribution in [-0.2, 0) is 22.7 Å². The van der Waals surface area contributed by atoms with Gasteiger partial charge in [0.25, 0.3) is 0 Å². The van der Waals surface area contributed by atoms with E-state index in [1.54, 1.807) is 14.2 Å². The van der Waals surface area contributed by atoms with Gasteiger partial charge in [-0.05, 0) is 79.3 Å². The number of aliphatic hydroxyl groups is 1. The van der Waals surface area contributed by atoms with Crippen molar-refractivity contribution in [1.82, 2.24) is 0 Å². The van der Waals surface area contributed by atoms with Crippen LogP contribution >= 0.6 is 0 Å². The van der Waals surface area contributed by atoms with Crippen molar-refractivity contribution in [3.05, 3.63) is 84.0 Å². The summed E-state index contributed by atoms with van der Waals surface area (Å²) in [4.78, 5) is 0. The Morgan fingerprint density at radius 3 is 2.14 bits per heavy atom. The van der Waals surface area contributed by atoms with E-state index >= 15 is 0 Å². The van der Waals surface area contributed by atoms with Crippen molar-refractivity contribution < 1.29 is 24.1 Å². The Kier molecular flexibility index (Phi) is 16.7. The fourth-order valence-electron chi connectivity index (χ4n) is 6.23. The standard InChI is InChI=1S/C39H58O5/c1-6-8-10-11-12-13-15-36-37(39(27-38(36)40)44-29-32-18-22-34(42-5)23-19-32)25-24-35(26-30(3)14-9-7-2)43-28-31-16-20-33(41-4)21-17-31/h8,10,16-25,30,35-40H,6-7,9,11-15,26-29H2,1-5H3/b10-8+,25-24+/t30-,35+,36+,37+,38-,39+/m0/s1. The summed E-state index contributed by atoms with van der Waals surface area (Å²) in [6.45, 7) is 7.84. The molecule has 0 radical (unpaired) electrons. The number of ether oxygens (including phenoxy) is 4. The number of aliphatic hydroxyl groups excluding tert-OH is 1. The van der Waals surface area contributed by atoms with Crippen molar-refractivity contribution in [2.24, 2.45) is 17.8 Å². The van der Waals surface area contributed by atoms with Crippen LogP contribution in [0.25, 0.3) is 0 Å². The van der Waals surface area contributed by atoms with E-state index in [2.05, 4.69) is 69.3 Å². The molecule has 0 unspecified atom stereocenters. The molecule has 5 nitrogen and oxygen atoms in total. The number of rotatable bonds is 21. The first-order valence-electron chi connectivity index (χ1n) is 17.0. The van der Waals surface area contributed by atoms with E-state index in [9.17, 15) is 5.11 Å². The quantitative estimate of drug-likeness (QED) is 0.113. The van der Waals surface area contributed by atoms with Crippen molar-refractivity contribution in [2.75, 3.05) is 14.2 Å². The highest BCUT2D eigenvalue weighted by Crippen LogP contribution is 2.39. The Morgan fingerprint density at radius 2 is 1.52 bits per heavy atom. The van der Waals surface area contributed by atoms with Gasteiger partial charge >= 0.3 is 0 Å². The van der Waals surface area contributed by atoms with Crippen molar-refractivity contribution in [3.63, 3.8) is 0 Å². The maximum absolute atomic E-state index is 11.3. The van der Waals surface area contributed by atoms with E-state index in [0.717, 1.165) is 61.2 Å². The number of unbranched alkanes of at least 4 members (excludes halogenated alkanes) is 3. The molecule has 2 aromatic carbocycles. The third-order valence-electron chi connectivity index (χ3n) is 8.93. The van der Waals surface area contributed by atoms with Gasteiger partial charge in [0, 0.05) is 12.3 Å². The maximum Gasteiger partial charge on any atom is 0.118 e. The molecule has 0 saturated heterocycles. The van der Waals surface area contributed by atoms with Crippen LogP contribution in [0.2, 0.25) is 0 Å². The molecule has 0 spiro atoms. The zero-order valence-corrected chi connectivity index (χ0v) is 28.0. The molecule has 1 saturated carbocycles. The lowest BCUT2D eigenvalue weighted by atomic mass is 9.87. The summed E-state index contributed by atoms with van der Waals surface area (Å²) >= 11 is 0. The van der Waals surface area contributed by atoms with Crippen LogP contribution in [-0.4, -0.2) is 37.6 Å². The van der Waals surface area contributed by atoms with Gasteiger partial charge in [-0.25, -0.2) is 0 Å². The van der Waals surface area contributed by atoms with E-state index in [4.69, 9.17) is 18.9 Å². The third kappa shape index (κ3) is 12.4. The van der Waals surface area contributed by atoms with Crippen LogP contribution in [0.5, 0.6) is 11.5 Å². The molecule has 244 valence electrons. The van der Waals surface area contributed by atoms with Gasteiger partial charge in [0.15, 0.2) is 0 Å². The molecule has 6 atom stereocenters. The number of benzene rings is 2. The van der Waals surface area contributed by atoms with Crippen LogP contribution < -0.4 is 9.47 Å². The first-order valence-corrected chi connectivity index (χ1v) is 17.0. The molecule has 5 heteroatoms. The van der Waals surface area contributed by atoms with E-state index in [-0.39, 0.29) is 30.1 Å². The van der Waals surface area contributed by atoms with E-state index in [0.29, 0.717) is 25.6 Å². The molecule has 0 heterocycles. The van der Waals surface area contributed by atoms with Crippen molar-refractivity contribution >= 4 is 0 Å². The van der Waals surface area contributed by atoms with Crippen LogP contribution in [0.15, 0.2) is 72.8 Å². The average molecular weight is 607 g/mol. The van der Waals surface area contributed by atoms with Crippen LogP contribution in [0.1, 0.15) is 96.1 Å². The predicted molar refractivity (Wildman–Crippen MR) is 181 cm³/mol. The summed E-state index contributed by atoms with van der Waals surface area (Å²) in [6, 6.07) is 16.2. The van der Waals surface area contributed by atoms with Gasteiger partial charge in [-0.3, -0.25) is 0 Å². The fraction of sp³-hybridized carbons (Fsp3) is 0.590. The van der Waals surface area contributed by atoms with Gasteiger partial charge in [0.1, 0.15) is 11.5 Å². The molecular formula is C39H58O5. The second-order valence-corrected chi connectivity index (χ2v) is 12.5. The lowest BCUT2D eigenvalue weighted by Gasteiger charge is -2.25. The zero-order valence-electron chi connectivity index (χ0n) is 28.0. The molecule has 1 N–H and O–H groups in total. The highest BCUT2D eigenvalue weighted by atomic mass is 16.5. The molecule has 1 aliphatic carbocycles. The SMILES string of the molecule is CC/C=C/CCCC[C@@H]1[C@@H](/C=C/[C@H](C[C@@H](C)CCCC)OCc2ccc(OC)cc2)[C@H](OCc2ccc(OC)cc2)C[C@@H]1O. The highest BCUT2D eigenvalue weighted by Gasteiger charge is 2.41. The Labute approximate surface area is 267 Å². The van der Waals surface area contributed by atoms with Gasteiger partial charge in [0.05, 0.1) is 45.7 Å². The first-order chi connectivity index (χ1) is 21.5. The van der Waals surface area contributed by atoms with Gasteiger partial charge < -0.3 is 24.1 Å². The number of hydrogen-bond donors (Lipinski definition) is 1. The maximum atomic E-state index is 11.3. The summed E-state index contributed by atoms with van der Waals surface area (Å²) in [7, 11) is 3.37. The topological polar surface area (TPSA) is 57.2 Å². The second-order valence-electron chi connectivity index (χ2n) is 12.5. The van der Waals surface area contributed by atoms with E-state index in [1.807, 2.05) is 24.3 Å². The summed E-state index contributed by atoms with van der Waals surface area (Å²) in [5.74, 6) is 2.60. The summed E-state index contributed by atoms with van der Waals surface area (Å²) in [5, 5.41) is 11.3. The van der Waals surface area contributed by atoms with Gasteiger partial charge in [-0.2, -0.15) is 0 Å². The van der Waals surface area contributed by atoms with Crippen LogP contribution in [0.3, 0.4) is 0 Å². The molecule has 0 bridgehead atoms. The summed E-state index contributed by atoms with van der Waals surface area (Å²) < 4.78 is 23.7. The number of methoxy groups -OCH3 is 2. The summed E-state index contributed by atoms with van der Waals surface area (Å²) in [5.41, 5.74) is 2.25. The lowest BCUT2D eigenvalue weighted by molar-refractivity contribution is 0.0184. The highest BCUT2D eigenvalue weighted by molar-refractivity contribution is 5.27. The first kappa shape index (κ1) is 35.9. The average Bonchev–Trinajstić information content (AvgIpc) is 3.35. The molecule has 3 rings (SSSR count). The minimum absolute atomic E-state index is 0.00349. The van der Waals surface area contributed by atoms with E-state index in [1.165, 1.54) is 19.3 Å². The lowest BCUT2D eigenvalue weighted by Crippen LogP contribution is -2.23.